The lowest BCUT2D eigenvalue weighted by molar-refractivity contribution is -0.121. The highest BCUT2D eigenvalue weighted by Gasteiger charge is 2.28. The molecule has 7 heteroatoms. The molecule has 0 spiro atoms. The lowest BCUT2D eigenvalue weighted by Crippen LogP contribution is -2.41. The van der Waals surface area contributed by atoms with Crippen molar-refractivity contribution >= 4 is 29.1 Å². The number of methoxy groups -OCH3 is 2. The summed E-state index contributed by atoms with van der Waals surface area (Å²) in [5, 5.41) is 3.46. The topological polar surface area (TPSA) is 67.9 Å². The summed E-state index contributed by atoms with van der Waals surface area (Å²) >= 11 is 5.97. The first kappa shape index (κ1) is 20.0. The van der Waals surface area contributed by atoms with Crippen molar-refractivity contribution in [3.8, 4) is 11.5 Å². The highest BCUT2D eigenvalue weighted by Crippen LogP contribution is 2.30. The van der Waals surface area contributed by atoms with Gasteiger partial charge in [-0.1, -0.05) is 17.7 Å². The standard InChI is InChI=1S/C21H23ClN2O4/c1-27-18-7-6-17(13-19(18)28-2)23-20(25)14-8-10-24(11-9-14)21(26)15-4-3-5-16(22)12-15/h3-7,12-14H,8-11H2,1-2H3,(H,23,25). The Labute approximate surface area is 169 Å². The van der Waals surface area contributed by atoms with E-state index in [2.05, 4.69) is 5.32 Å². The van der Waals surface area contributed by atoms with Gasteiger partial charge < -0.3 is 19.7 Å². The zero-order valence-corrected chi connectivity index (χ0v) is 16.7. The maximum absolute atomic E-state index is 12.6. The molecule has 0 unspecified atom stereocenters. The van der Waals surface area contributed by atoms with Gasteiger partial charge in [0.1, 0.15) is 0 Å². The number of nitrogens with zero attached hydrogens (tertiary/aromatic N) is 1. The van der Waals surface area contributed by atoms with E-state index < -0.39 is 0 Å². The predicted molar refractivity (Wildman–Crippen MR) is 108 cm³/mol. The molecule has 0 atom stereocenters. The zero-order valence-electron chi connectivity index (χ0n) is 15.9. The van der Waals surface area contributed by atoms with Crippen LogP contribution in [0, 0.1) is 5.92 Å². The number of amides is 2. The van der Waals surface area contributed by atoms with Gasteiger partial charge in [-0.3, -0.25) is 9.59 Å². The van der Waals surface area contributed by atoms with Gasteiger partial charge in [0.2, 0.25) is 5.91 Å². The van der Waals surface area contributed by atoms with Crippen LogP contribution in [0.2, 0.25) is 5.02 Å². The fraction of sp³-hybridized carbons (Fsp3) is 0.333. The van der Waals surface area contributed by atoms with Crippen LogP contribution in [0.15, 0.2) is 42.5 Å². The second kappa shape index (κ2) is 8.97. The molecule has 2 aromatic carbocycles. The second-order valence-corrected chi connectivity index (χ2v) is 7.07. The molecule has 1 aliphatic heterocycles. The fourth-order valence-electron chi connectivity index (χ4n) is 3.31. The predicted octanol–water partition coefficient (Wildman–Crippen LogP) is 3.85. The van der Waals surface area contributed by atoms with Crippen molar-refractivity contribution in [1.29, 1.82) is 0 Å². The first-order valence-electron chi connectivity index (χ1n) is 9.09. The molecule has 1 fully saturated rings. The van der Waals surface area contributed by atoms with Crippen molar-refractivity contribution in [2.45, 2.75) is 12.8 Å². The molecule has 0 bridgehead atoms. The van der Waals surface area contributed by atoms with E-state index >= 15 is 0 Å². The zero-order chi connectivity index (χ0) is 20.1. The normalized spacial score (nSPS) is 14.5. The molecule has 2 amide bonds. The van der Waals surface area contributed by atoms with Gasteiger partial charge in [-0.2, -0.15) is 0 Å². The van der Waals surface area contributed by atoms with Gasteiger partial charge in [0.25, 0.3) is 5.91 Å². The molecule has 1 saturated heterocycles. The highest BCUT2D eigenvalue weighted by molar-refractivity contribution is 6.30. The van der Waals surface area contributed by atoms with Crippen LogP contribution in [0.5, 0.6) is 11.5 Å². The van der Waals surface area contributed by atoms with Crippen molar-refractivity contribution in [3.05, 3.63) is 53.1 Å². The van der Waals surface area contributed by atoms with Crippen molar-refractivity contribution in [2.24, 2.45) is 5.92 Å². The monoisotopic (exact) mass is 402 g/mol. The number of piperidine rings is 1. The molecule has 1 aliphatic rings. The van der Waals surface area contributed by atoms with Crippen LogP contribution in [-0.2, 0) is 4.79 Å². The van der Waals surface area contributed by atoms with E-state index in [0.717, 1.165) is 0 Å². The number of halogens is 1. The van der Waals surface area contributed by atoms with E-state index in [1.54, 1.807) is 61.6 Å². The van der Waals surface area contributed by atoms with E-state index in [0.29, 0.717) is 53.7 Å². The largest absolute Gasteiger partial charge is 0.493 e. The number of anilines is 1. The highest BCUT2D eigenvalue weighted by atomic mass is 35.5. The van der Waals surface area contributed by atoms with Crippen LogP contribution in [-0.4, -0.2) is 44.0 Å². The lowest BCUT2D eigenvalue weighted by Gasteiger charge is -2.31. The summed E-state index contributed by atoms with van der Waals surface area (Å²) in [6.07, 6.45) is 1.23. The lowest BCUT2D eigenvalue weighted by atomic mass is 9.95. The summed E-state index contributed by atoms with van der Waals surface area (Å²) in [4.78, 5) is 27.0. The first-order chi connectivity index (χ1) is 13.5. The number of carbonyl (C=O) groups is 2. The molecular formula is C21H23ClN2O4. The number of benzene rings is 2. The quantitative estimate of drug-likeness (QED) is 0.824. The molecule has 0 aromatic heterocycles. The Bertz CT molecular complexity index is 863. The number of nitrogens with one attached hydrogen (secondary N) is 1. The molecule has 0 saturated carbocycles. The van der Waals surface area contributed by atoms with Crippen molar-refractivity contribution < 1.29 is 19.1 Å². The van der Waals surface area contributed by atoms with Crippen LogP contribution in [0.3, 0.4) is 0 Å². The van der Waals surface area contributed by atoms with Crippen LogP contribution < -0.4 is 14.8 Å². The van der Waals surface area contributed by atoms with Gasteiger partial charge >= 0.3 is 0 Å². The van der Waals surface area contributed by atoms with Crippen LogP contribution in [0.4, 0.5) is 5.69 Å². The summed E-state index contributed by atoms with van der Waals surface area (Å²) in [7, 11) is 3.12. The molecule has 148 valence electrons. The number of carbonyl (C=O) groups excluding carboxylic acids is 2. The van der Waals surface area contributed by atoms with Crippen molar-refractivity contribution in [1.82, 2.24) is 4.90 Å². The van der Waals surface area contributed by atoms with E-state index in [1.807, 2.05) is 0 Å². The minimum atomic E-state index is -0.142. The SMILES string of the molecule is COc1ccc(NC(=O)C2CCN(C(=O)c3cccc(Cl)c3)CC2)cc1OC. The summed E-state index contributed by atoms with van der Waals surface area (Å²) in [5.74, 6) is 0.912. The van der Waals surface area contributed by atoms with E-state index in [-0.39, 0.29) is 17.7 Å². The molecule has 2 aromatic rings. The Morgan fingerprint density at radius 2 is 1.75 bits per heavy atom. The third-order valence-corrected chi connectivity index (χ3v) is 5.11. The summed E-state index contributed by atoms with van der Waals surface area (Å²) < 4.78 is 10.5. The molecule has 3 rings (SSSR count). The third-order valence-electron chi connectivity index (χ3n) is 4.88. The average Bonchev–Trinajstić information content (AvgIpc) is 2.73. The molecular weight excluding hydrogens is 380 g/mol. The maximum Gasteiger partial charge on any atom is 0.253 e. The summed E-state index contributed by atoms with van der Waals surface area (Å²) in [5.41, 5.74) is 1.22. The summed E-state index contributed by atoms with van der Waals surface area (Å²) in [6.45, 7) is 1.07. The molecule has 0 aliphatic carbocycles. The Morgan fingerprint density at radius 3 is 2.39 bits per heavy atom. The molecule has 1 heterocycles. The summed E-state index contributed by atoms with van der Waals surface area (Å²) in [6, 6.07) is 12.2. The number of hydrogen-bond acceptors (Lipinski definition) is 4. The number of rotatable bonds is 5. The van der Waals surface area contributed by atoms with Gasteiger partial charge in [0.15, 0.2) is 11.5 Å². The van der Waals surface area contributed by atoms with Gasteiger partial charge in [0.05, 0.1) is 14.2 Å². The van der Waals surface area contributed by atoms with E-state index in [4.69, 9.17) is 21.1 Å². The molecule has 0 radical (unpaired) electrons. The minimum Gasteiger partial charge on any atom is -0.493 e. The van der Waals surface area contributed by atoms with Crippen LogP contribution in [0.25, 0.3) is 0 Å². The Kier molecular flexibility index (Phi) is 6.41. The average molecular weight is 403 g/mol. The minimum absolute atomic E-state index is 0.0536. The smallest absolute Gasteiger partial charge is 0.253 e. The number of likely N-dealkylation sites (tertiary alicyclic amines) is 1. The van der Waals surface area contributed by atoms with Gasteiger partial charge in [-0.15, -0.1) is 0 Å². The molecule has 6 nitrogen and oxygen atoms in total. The van der Waals surface area contributed by atoms with Crippen molar-refractivity contribution in [2.75, 3.05) is 32.6 Å². The Hall–Kier alpha value is -2.73. The third kappa shape index (κ3) is 4.57. The van der Waals surface area contributed by atoms with E-state index in [1.165, 1.54) is 0 Å². The van der Waals surface area contributed by atoms with Crippen LogP contribution in [0.1, 0.15) is 23.2 Å². The van der Waals surface area contributed by atoms with Gasteiger partial charge in [-0.25, -0.2) is 0 Å². The maximum atomic E-state index is 12.6. The van der Waals surface area contributed by atoms with Gasteiger partial charge in [-0.05, 0) is 43.2 Å². The van der Waals surface area contributed by atoms with Gasteiger partial charge in [0, 0.05) is 41.3 Å². The van der Waals surface area contributed by atoms with Crippen LogP contribution >= 0.6 is 11.6 Å². The number of hydrogen-bond donors (Lipinski definition) is 1. The number of ether oxygens (including phenoxy) is 2. The second-order valence-electron chi connectivity index (χ2n) is 6.64. The Balaban J connectivity index is 1.57. The molecule has 28 heavy (non-hydrogen) atoms. The first-order valence-corrected chi connectivity index (χ1v) is 9.47. The molecule has 1 N–H and O–H groups in total. The fourth-order valence-corrected chi connectivity index (χ4v) is 3.50. The van der Waals surface area contributed by atoms with E-state index in [9.17, 15) is 9.59 Å². The Morgan fingerprint density at radius 1 is 1.04 bits per heavy atom. The van der Waals surface area contributed by atoms with Crippen molar-refractivity contribution in [3.63, 3.8) is 0 Å².